The lowest BCUT2D eigenvalue weighted by molar-refractivity contribution is -0.135. The number of hydrogen-bond acceptors (Lipinski definition) is 3. The van der Waals surface area contributed by atoms with Gasteiger partial charge in [0.2, 0.25) is 5.91 Å². The molecule has 4 amide bonds. The number of nitrogens with zero attached hydrogens (tertiary/aromatic N) is 1. The minimum atomic E-state index is -1.00. The van der Waals surface area contributed by atoms with Gasteiger partial charge in [-0.3, -0.25) is 14.5 Å². The molecule has 0 aromatic heterocycles. The number of rotatable bonds is 3. The Morgan fingerprint density at radius 1 is 1.15 bits per heavy atom. The Kier molecular flexibility index (Phi) is 4.42. The molecular weight excluding hydrogens is 330 g/mol. The maximum absolute atomic E-state index is 13.1. The van der Waals surface area contributed by atoms with Crippen molar-refractivity contribution in [3.8, 4) is 0 Å². The number of fused-ring (bicyclic) bond motifs is 2. The summed E-state index contributed by atoms with van der Waals surface area (Å²) in [5, 5.41) is 5.88. The minimum Gasteiger partial charge on any atom is -0.352 e. The Labute approximate surface area is 153 Å². The van der Waals surface area contributed by atoms with Crippen molar-refractivity contribution in [3.63, 3.8) is 0 Å². The van der Waals surface area contributed by atoms with Crippen LogP contribution in [0.5, 0.6) is 0 Å². The van der Waals surface area contributed by atoms with Gasteiger partial charge in [0, 0.05) is 6.04 Å². The van der Waals surface area contributed by atoms with Crippen LogP contribution in [0, 0.1) is 0 Å². The Morgan fingerprint density at radius 2 is 1.92 bits per heavy atom. The third kappa shape index (κ3) is 2.87. The molecule has 1 aliphatic heterocycles. The SMILES string of the molecule is O=C(CN1C(=O)N[C@]2(CCCc3ccccc32)C1=O)NC1CCCCC1. The lowest BCUT2D eigenvalue weighted by atomic mass is 9.76. The maximum atomic E-state index is 13.1. The average Bonchev–Trinajstić information content (AvgIpc) is 2.88. The maximum Gasteiger partial charge on any atom is 0.325 e. The Balaban J connectivity index is 1.50. The molecule has 1 aromatic rings. The van der Waals surface area contributed by atoms with Crippen LogP contribution in [0.1, 0.15) is 56.1 Å². The third-order valence-corrected chi connectivity index (χ3v) is 5.92. The molecule has 2 fully saturated rings. The van der Waals surface area contributed by atoms with Crippen LogP contribution in [0.4, 0.5) is 4.79 Å². The largest absolute Gasteiger partial charge is 0.352 e. The number of nitrogens with one attached hydrogen (secondary N) is 2. The molecule has 1 heterocycles. The van der Waals surface area contributed by atoms with Gasteiger partial charge in [0.1, 0.15) is 12.1 Å². The van der Waals surface area contributed by atoms with Gasteiger partial charge in [0.05, 0.1) is 0 Å². The van der Waals surface area contributed by atoms with E-state index >= 15 is 0 Å². The van der Waals surface area contributed by atoms with Crippen molar-refractivity contribution in [3.05, 3.63) is 35.4 Å². The standard InChI is InChI=1S/C20H25N3O3/c24-17(21-15-9-2-1-3-10-15)13-23-18(25)20(22-19(23)26)12-6-8-14-7-4-5-11-16(14)20/h4-5,7,11,15H,1-3,6,8-10,12-13H2,(H,21,24)(H,22,26)/t20-/m0/s1. The molecule has 0 bridgehead atoms. The van der Waals surface area contributed by atoms with E-state index in [1.165, 1.54) is 6.42 Å². The fourth-order valence-electron chi connectivity index (χ4n) is 4.62. The first kappa shape index (κ1) is 17.1. The summed E-state index contributed by atoms with van der Waals surface area (Å²) < 4.78 is 0. The van der Waals surface area contributed by atoms with E-state index in [0.717, 1.165) is 54.6 Å². The van der Waals surface area contributed by atoms with Crippen molar-refractivity contribution in [2.45, 2.75) is 62.9 Å². The zero-order chi connectivity index (χ0) is 18.1. The van der Waals surface area contributed by atoms with Crippen LogP contribution in [-0.4, -0.2) is 35.3 Å². The van der Waals surface area contributed by atoms with E-state index < -0.39 is 11.6 Å². The molecule has 2 N–H and O–H groups in total. The molecule has 0 unspecified atom stereocenters. The van der Waals surface area contributed by atoms with E-state index in [1.807, 2.05) is 24.3 Å². The first-order chi connectivity index (χ1) is 12.6. The van der Waals surface area contributed by atoms with E-state index in [9.17, 15) is 14.4 Å². The lowest BCUT2D eigenvalue weighted by Crippen LogP contribution is -2.48. The summed E-state index contributed by atoms with van der Waals surface area (Å²) in [5.74, 6) is -0.546. The van der Waals surface area contributed by atoms with Gasteiger partial charge in [-0.25, -0.2) is 4.79 Å². The monoisotopic (exact) mass is 355 g/mol. The summed E-state index contributed by atoms with van der Waals surface area (Å²) >= 11 is 0. The second-order valence-corrected chi connectivity index (χ2v) is 7.64. The van der Waals surface area contributed by atoms with Crippen LogP contribution < -0.4 is 10.6 Å². The number of carbonyl (C=O) groups excluding carboxylic acids is 3. The Morgan fingerprint density at radius 3 is 2.73 bits per heavy atom. The smallest absolute Gasteiger partial charge is 0.325 e. The molecule has 2 aliphatic carbocycles. The molecule has 1 atom stereocenters. The van der Waals surface area contributed by atoms with E-state index in [4.69, 9.17) is 0 Å². The van der Waals surface area contributed by atoms with Gasteiger partial charge >= 0.3 is 6.03 Å². The predicted molar refractivity (Wildman–Crippen MR) is 96.3 cm³/mol. The van der Waals surface area contributed by atoms with Gasteiger partial charge in [0.25, 0.3) is 5.91 Å². The molecule has 1 saturated carbocycles. The minimum absolute atomic E-state index is 0.168. The van der Waals surface area contributed by atoms with Crippen molar-refractivity contribution in [1.82, 2.24) is 15.5 Å². The number of hydrogen-bond donors (Lipinski definition) is 2. The molecule has 1 spiro atoms. The van der Waals surface area contributed by atoms with Crippen LogP contribution in [0.25, 0.3) is 0 Å². The first-order valence-corrected chi connectivity index (χ1v) is 9.62. The van der Waals surface area contributed by atoms with Gasteiger partial charge in [-0.1, -0.05) is 43.5 Å². The highest BCUT2D eigenvalue weighted by Gasteiger charge is 2.54. The zero-order valence-corrected chi connectivity index (χ0v) is 14.9. The zero-order valence-electron chi connectivity index (χ0n) is 14.9. The number of benzene rings is 1. The van der Waals surface area contributed by atoms with Crippen LogP contribution in [0.3, 0.4) is 0 Å². The second-order valence-electron chi connectivity index (χ2n) is 7.64. The molecular formula is C20H25N3O3. The molecule has 4 rings (SSSR count). The first-order valence-electron chi connectivity index (χ1n) is 9.62. The number of urea groups is 1. The van der Waals surface area contributed by atoms with Crippen LogP contribution in [0.2, 0.25) is 0 Å². The van der Waals surface area contributed by atoms with Crippen LogP contribution in [0.15, 0.2) is 24.3 Å². The summed E-state index contributed by atoms with van der Waals surface area (Å²) in [6.07, 6.45) is 7.72. The molecule has 6 heteroatoms. The molecule has 1 aromatic carbocycles. The quantitative estimate of drug-likeness (QED) is 0.816. The Bertz CT molecular complexity index is 742. The van der Waals surface area contributed by atoms with E-state index in [-0.39, 0.29) is 24.4 Å². The normalized spacial score (nSPS) is 25.9. The summed E-state index contributed by atoms with van der Waals surface area (Å²) in [6, 6.07) is 7.47. The number of amides is 4. The fourth-order valence-corrected chi connectivity index (χ4v) is 4.62. The second kappa shape index (κ2) is 6.74. The lowest BCUT2D eigenvalue weighted by Gasteiger charge is -2.33. The van der Waals surface area contributed by atoms with Gasteiger partial charge in [-0.2, -0.15) is 0 Å². The summed E-state index contributed by atoms with van der Waals surface area (Å²) in [5.41, 5.74) is 0.970. The van der Waals surface area contributed by atoms with Crippen molar-refractivity contribution >= 4 is 17.8 Å². The van der Waals surface area contributed by atoms with E-state index in [1.54, 1.807) is 0 Å². The summed E-state index contributed by atoms with van der Waals surface area (Å²) in [7, 11) is 0. The highest BCUT2D eigenvalue weighted by Crippen LogP contribution is 2.39. The van der Waals surface area contributed by atoms with Crippen molar-refractivity contribution in [1.29, 1.82) is 0 Å². The predicted octanol–water partition coefficient (Wildman–Crippen LogP) is 2.22. The van der Waals surface area contributed by atoms with Gasteiger partial charge in [0.15, 0.2) is 0 Å². The Hall–Kier alpha value is -2.37. The highest BCUT2D eigenvalue weighted by atomic mass is 16.2. The fraction of sp³-hybridized carbons (Fsp3) is 0.550. The van der Waals surface area contributed by atoms with Crippen LogP contribution in [-0.2, 0) is 21.5 Å². The molecule has 0 radical (unpaired) electrons. The highest BCUT2D eigenvalue weighted by molar-refractivity contribution is 6.09. The van der Waals surface area contributed by atoms with Gasteiger partial charge in [-0.05, 0) is 43.2 Å². The molecule has 6 nitrogen and oxygen atoms in total. The van der Waals surface area contributed by atoms with Crippen molar-refractivity contribution in [2.24, 2.45) is 0 Å². The third-order valence-electron chi connectivity index (χ3n) is 5.92. The number of carbonyl (C=O) groups is 3. The molecule has 1 saturated heterocycles. The molecule has 26 heavy (non-hydrogen) atoms. The summed E-state index contributed by atoms with van der Waals surface area (Å²) in [6.45, 7) is -0.203. The van der Waals surface area contributed by atoms with Crippen molar-refractivity contribution in [2.75, 3.05) is 6.54 Å². The summed E-state index contributed by atoms with van der Waals surface area (Å²) in [4.78, 5) is 39.1. The van der Waals surface area contributed by atoms with E-state index in [0.29, 0.717) is 6.42 Å². The van der Waals surface area contributed by atoms with Gasteiger partial charge in [-0.15, -0.1) is 0 Å². The van der Waals surface area contributed by atoms with E-state index in [2.05, 4.69) is 10.6 Å². The number of aryl methyl sites for hydroxylation is 1. The van der Waals surface area contributed by atoms with Crippen LogP contribution >= 0.6 is 0 Å². The van der Waals surface area contributed by atoms with Crippen molar-refractivity contribution < 1.29 is 14.4 Å². The van der Waals surface area contributed by atoms with Gasteiger partial charge < -0.3 is 10.6 Å². The average molecular weight is 355 g/mol. The topological polar surface area (TPSA) is 78.5 Å². The molecule has 138 valence electrons. The number of imide groups is 1. The molecule has 3 aliphatic rings.